The molecular weight excluding hydrogens is 280 g/mol. The summed E-state index contributed by atoms with van der Waals surface area (Å²) in [6.07, 6.45) is 0.816. The first-order valence-electron chi connectivity index (χ1n) is 6.65. The number of rotatable bonds is 4. The van der Waals surface area contributed by atoms with Gasteiger partial charge in [0.05, 0.1) is 6.61 Å². The average molecular weight is 302 g/mol. The van der Waals surface area contributed by atoms with Crippen molar-refractivity contribution in [3.63, 3.8) is 0 Å². The zero-order valence-corrected chi connectivity index (χ0v) is 13.2. The summed E-state index contributed by atoms with van der Waals surface area (Å²) in [5.74, 6) is 0.812. The summed E-state index contributed by atoms with van der Waals surface area (Å²) < 4.78 is 32.4. The molecule has 1 aliphatic heterocycles. The van der Waals surface area contributed by atoms with E-state index in [4.69, 9.17) is 4.42 Å². The van der Waals surface area contributed by atoms with E-state index in [1.807, 2.05) is 19.0 Å². The maximum absolute atomic E-state index is 12.8. The first-order valence-corrected chi connectivity index (χ1v) is 8.09. The van der Waals surface area contributed by atoms with Crippen LogP contribution in [0.2, 0.25) is 0 Å². The Morgan fingerprint density at radius 2 is 2.00 bits per heavy atom. The molecule has 0 saturated carbocycles. The zero-order chi connectivity index (χ0) is 15.1. The van der Waals surface area contributed by atoms with Gasteiger partial charge in [-0.05, 0) is 34.4 Å². The van der Waals surface area contributed by atoms with Crippen LogP contribution in [-0.4, -0.2) is 56.0 Å². The lowest BCUT2D eigenvalue weighted by atomic mass is 10.2. The van der Waals surface area contributed by atoms with Gasteiger partial charge < -0.3 is 14.4 Å². The molecule has 114 valence electrons. The van der Waals surface area contributed by atoms with Gasteiger partial charge in [-0.1, -0.05) is 0 Å². The van der Waals surface area contributed by atoms with E-state index >= 15 is 0 Å². The van der Waals surface area contributed by atoms with E-state index in [2.05, 4.69) is 0 Å². The molecule has 0 aromatic carbocycles. The maximum Gasteiger partial charge on any atom is 0.246 e. The first-order chi connectivity index (χ1) is 9.28. The molecule has 1 N–H and O–H groups in total. The normalized spacial score (nSPS) is 21.0. The largest absolute Gasteiger partial charge is 0.465 e. The Bertz CT molecular complexity index is 592. The van der Waals surface area contributed by atoms with E-state index in [0.717, 1.165) is 6.42 Å². The van der Waals surface area contributed by atoms with Gasteiger partial charge in [0.15, 0.2) is 0 Å². The number of aliphatic hydroxyl groups is 1. The quantitative estimate of drug-likeness (QED) is 0.887. The summed E-state index contributed by atoms with van der Waals surface area (Å²) in [5.41, 5.74) is 0.371. The van der Waals surface area contributed by atoms with Crippen molar-refractivity contribution in [2.24, 2.45) is 0 Å². The molecule has 1 unspecified atom stereocenters. The maximum atomic E-state index is 12.8. The number of furan rings is 1. The van der Waals surface area contributed by atoms with Crippen LogP contribution in [0.3, 0.4) is 0 Å². The molecule has 0 bridgehead atoms. The summed E-state index contributed by atoms with van der Waals surface area (Å²) >= 11 is 0. The second kappa shape index (κ2) is 5.48. The molecule has 0 spiro atoms. The van der Waals surface area contributed by atoms with E-state index in [1.165, 1.54) is 4.31 Å². The van der Waals surface area contributed by atoms with Crippen LogP contribution in [-0.2, 0) is 16.6 Å². The minimum absolute atomic E-state index is 0.136. The molecule has 1 fully saturated rings. The van der Waals surface area contributed by atoms with Crippen LogP contribution in [0.4, 0.5) is 0 Å². The van der Waals surface area contributed by atoms with E-state index in [1.54, 1.807) is 13.8 Å². The van der Waals surface area contributed by atoms with Crippen molar-refractivity contribution in [1.82, 2.24) is 9.21 Å². The van der Waals surface area contributed by atoms with Crippen molar-refractivity contribution >= 4 is 10.0 Å². The van der Waals surface area contributed by atoms with E-state index in [0.29, 0.717) is 30.2 Å². The second-order valence-electron chi connectivity index (χ2n) is 5.45. The highest BCUT2D eigenvalue weighted by molar-refractivity contribution is 7.89. The smallest absolute Gasteiger partial charge is 0.246 e. The predicted molar refractivity (Wildman–Crippen MR) is 75.0 cm³/mol. The fourth-order valence-electron chi connectivity index (χ4n) is 2.71. The lowest BCUT2D eigenvalue weighted by Gasteiger charge is -2.20. The fraction of sp³-hybridized carbons (Fsp3) is 0.692. The molecule has 1 aromatic heterocycles. The standard InChI is InChI=1S/C13H22N2O4S/c1-9-12(8-16)13(10(2)19-9)20(17,18)15-6-5-11(7-15)14(3)4/h11,16H,5-8H2,1-4H3. The topological polar surface area (TPSA) is 74.0 Å². The number of nitrogens with zero attached hydrogens (tertiary/aromatic N) is 2. The van der Waals surface area contributed by atoms with Crippen molar-refractivity contribution in [2.45, 2.75) is 37.8 Å². The van der Waals surface area contributed by atoms with Gasteiger partial charge in [0.25, 0.3) is 0 Å². The van der Waals surface area contributed by atoms with Crippen molar-refractivity contribution in [3.05, 3.63) is 17.1 Å². The van der Waals surface area contributed by atoms with Gasteiger partial charge in [0.1, 0.15) is 16.4 Å². The van der Waals surface area contributed by atoms with Crippen molar-refractivity contribution in [3.8, 4) is 0 Å². The molecule has 1 saturated heterocycles. The number of aliphatic hydroxyl groups excluding tert-OH is 1. The molecule has 0 radical (unpaired) electrons. The van der Waals surface area contributed by atoms with Crippen LogP contribution < -0.4 is 0 Å². The summed E-state index contributed by atoms with van der Waals surface area (Å²) in [5, 5.41) is 9.41. The number of hydrogen-bond donors (Lipinski definition) is 1. The molecule has 6 nitrogen and oxygen atoms in total. The third-order valence-electron chi connectivity index (χ3n) is 3.94. The molecule has 0 aliphatic carbocycles. The molecule has 2 heterocycles. The summed E-state index contributed by atoms with van der Waals surface area (Å²) in [6, 6.07) is 0.232. The van der Waals surface area contributed by atoms with Crippen molar-refractivity contribution < 1.29 is 17.9 Å². The van der Waals surface area contributed by atoms with E-state index < -0.39 is 10.0 Å². The Morgan fingerprint density at radius 1 is 1.35 bits per heavy atom. The molecule has 0 amide bonds. The van der Waals surface area contributed by atoms with Gasteiger partial charge in [-0.25, -0.2) is 8.42 Å². The third kappa shape index (κ3) is 2.50. The lowest BCUT2D eigenvalue weighted by molar-refractivity contribution is 0.276. The van der Waals surface area contributed by atoms with Gasteiger partial charge in [0, 0.05) is 24.7 Å². The lowest BCUT2D eigenvalue weighted by Crippen LogP contribution is -2.34. The number of likely N-dealkylation sites (N-methyl/N-ethyl adjacent to an activating group) is 1. The molecule has 20 heavy (non-hydrogen) atoms. The SMILES string of the molecule is Cc1oc(C)c(S(=O)(=O)N2CCC(N(C)C)C2)c1CO. The highest BCUT2D eigenvalue weighted by atomic mass is 32.2. The van der Waals surface area contributed by atoms with E-state index in [-0.39, 0.29) is 17.5 Å². The van der Waals surface area contributed by atoms with Gasteiger partial charge >= 0.3 is 0 Å². The third-order valence-corrected chi connectivity index (χ3v) is 6.00. The molecule has 2 rings (SSSR count). The fourth-order valence-corrected chi connectivity index (χ4v) is 4.61. The van der Waals surface area contributed by atoms with Gasteiger partial charge in [0.2, 0.25) is 10.0 Å². The summed E-state index contributed by atoms with van der Waals surface area (Å²) in [4.78, 5) is 2.17. The van der Waals surface area contributed by atoms with E-state index in [9.17, 15) is 13.5 Å². The monoisotopic (exact) mass is 302 g/mol. The second-order valence-corrected chi connectivity index (χ2v) is 7.32. The predicted octanol–water partition coefficient (Wildman–Crippen LogP) is 0.713. The number of hydrogen-bond acceptors (Lipinski definition) is 5. The van der Waals surface area contributed by atoms with Gasteiger partial charge in [-0.2, -0.15) is 4.31 Å². The Balaban J connectivity index is 2.37. The van der Waals surface area contributed by atoms with Crippen LogP contribution in [0.5, 0.6) is 0 Å². The Hall–Kier alpha value is -0.890. The van der Waals surface area contributed by atoms with Crippen LogP contribution in [0.15, 0.2) is 9.31 Å². The van der Waals surface area contributed by atoms with Crippen LogP contribution in [0, 0.1) is 13.8 Å². The molecular formula is C13H22N2O4S. The number of aryl methyl sites for hydroxylation is 2. The summed E-state index contributed by atoms with van der Waals surface area (Å²) in [7, 11) is 0.298. The first kappa shape index (κ1) is 15.5. The van der Waals surface area contributed by atoms with Crippen LogP contribution in [0.25, 0.3) is 0 Å². The highest BCUT2D eigenvalue weighted by Crippen LogP contribution is 2.31. The van der Waals surface area contributed by atoms with Crippen LogP contribution >= 0.6 is 0 Å². The molecule has 1 aliphatic rings. The average Bonchev–Trinajstić information content (AvgIpc) is 2.93. The highest BCUT2D eigenvalue weighted by Gasteiger charge is 2.37. The molecule has 1 atom stereocenters. The Morgan fingerprint density at radius 3 is 2.50 bits per heavy atom. The Labute approximate surface area is 120 Å². The minimum Gasteiger partial charge on any atom is -0.465 e. The van der Waals surface area contributed by atoms with Crippen molar-refractivity contribution in [1.29, 1.82) is 0 Å². The zero-order valence-electron chi connectivity index (χ0n) is 12.4. The van der Waals surface area contributed by atoms with Crippen molar-refractivity contribution in [2.75, 3.05) is 27.2 Å². The van der Waals surface area contributed by atoms with Crippen LogP contribution in [0.1, 0.15) is 23.5 Å². The van der Waals surface area contributed by atoms with Gasteiger partial charge in [-0.3, -0.25) is 0 Å². The minimum atomic E-state index is -3.60. The molecule has 7 heteroatoms. The number of sulfonamides is 1. The van der Waals surface area contributed by atoms with Gasteiger partial charge in [-0.15, -0.1) is 0 Å². The summed E-state index contributed by atoms with van der Waals surface area (Å²) in [6.45, 7) is 3.94. The molecule has 1 aromatic rings. The Kier molecular flexibility index (Phi) is 4.24.